The van der Waals surface area contributed by atoms with Crippen molar-refractivity contribution in [2.75, 3.05) is 0 Å². The normalized spacial score (nSPS) is 12.9. The number of carbonyl (C=O) groups excluding carboxylic acids is 1. The van der Waals surface area contributed by atoms with Gasteiger partial charge in [-0.2, -0.15) is 0 Å². The predicted octanol–water partition coefficient (Wildman–Crippen LogP) is 1.45. The lowest BCUT2D eigenvalue weighted by atomic mass is 9.86. The molecule has 0 saturated heterocycles. The third-order valence-electron chi connectivity index (χ3n) is 2.35. The monoisotopic (exact) mass is 254 g/mol. The molecule has 0 aliphatic rings. The minimum Gasteiger partial charge on any atom is -0.480 e. The summed E-state index contributed by atoms with van der Waals surface area (Å²) in [6, 6.07) is 1.25. The number of aromatic nitrogens is 1. The molecule has 18 heavy (non-hydrogen) atoms. The maximum Gasteiger partial charge on any atom is 0.326 e. The van der Waals surface area contributed by atoms with Gasteiger partial charge in [0.05, 0.1) is 6.20 Å². The molecule has 0 aliphatic carbocycles. The quantitative estimate of drug-likeness (QED) is 0.855. The summed E-state index contributed by atoms with van der Waals surface area (Å²) in [6.07, 6.45) is 0.905. The summed E-state index contributed by atoms with van der Waals surface area (Å²) in [7, 11) is 0. The van der Waals surface area contributed by atoms with Crippen LogP contribution in [0.15, 0.2) is 18.3 Å². The highest BCUT2D eigenvalue weighted by molar-refractivity contribution is 5.95. The topological polar surface area (TPSA) is 79.3 Å². The molecule has 0 aliphatic heterocycles. The molecule has 1 rings (SSSR count). The summed E-state index contributed by atoms with van der Waals surface area (Å²) >= 11 is 0. The number of nitrogens with one attached hydrogen (secondary N) is 1. The summed E-state index contributed by atoms with van der Waals surface area (Å²) < 4.78 is 12.6. The van der Waals surface area contributed by atoms with Crippen LogP contribution in [-0.2, 0) is 4.79 Å². The number of carbonyl (C=O) groups is 2. The summed E-state index contributed by atoms with van der Waals surface area (Å²) in [4.78, 5) is 26.4. The van der Waals surface area contributed by atoms with Gasteiger partial charge in [-0.3, -0.25) is 4.79 Å². The number of pyridine rings is 1. The zero-order valence-corrected chi connectivity index (χ0v) is 10.4. The molecular weight excluding hydrogens is 239 g/mol. The first kappa shape index (κ1) is 14.1. The van der Waals surface area contributed by atoms with Crippen molar-refractivity contribution in [2.45, 2.75) is 26.8 Å². The van der Waals surface area contributed by atoms with Crippen LogP contribution < -0.4 is 5.32 Å². The van der Waals surface area contributed by atoms with Crippen LogP contribution in [0.1, 0.15) is 31.3 Å². The van der Waals surface area contributed by atoms with Crippen molar-refractivity contribution in [2.24, 2.45) is 5.41 Å². The van der Waals surface area contributed by atoms with Gasteiger partial charge in [0.15, 0.2) is 0 Å². The summed E-state index contributed by atoms with van der Waals surface area (Å²) in [6.45, 7) is 5.10. The fraction of sp³-hybridized carbons (Fsp3) is 0.417. The number of rotatable bonds is 3. The molecule has 0 saturated carbocycles. The second-order valence-corrected chi connectivity index (χ2v) is 4.97. The number of halogens is 1. The number of carboxylic acids is 1. The van der Waals surface area contributed by atoms with Crippen LogP contribution in [0.5, 0.6) is 0 Å². The second kappa shape index (κ2) is 5.12. The van der Waals surface area contributed by atoms with Gasteiger partial charge >= 0.3 is 5.97 Å². The van der Waals surface area contributed by atoms with E-state index >= 15 is 0 Å². The van der Waals surface area contributed by atoms with Gasteiger partial charge in [-0.15, -0.1) is 0 Å². The fourth-order valence-electron chi connectivity index (χ4n) is 1.36. The van der Waals surface area contributed by atoms with Crippen molar-refractivity contribution in [1.82, 2.24) is 10.3 Å². The zero-order valence-electron chi connectivity index (χ0n) is 10.4. The van der Waals surface area contributed by atoms with Crippen LogP contribution >= 0.6 is 0 Å². The first-order valence-electron chi connectivity index (χ1n) is 5.37. The average Bonchev–Trinajstić information content (AvgIpc) is 2.24. The Morgan fingerprint density at radius 3 is 2.39 bits per heavy atom. The first-order valence-corrected chi connectivity index (χ1v) is 5.37. The van der Waals surface area contributed by atoms with Crippen molar-refractivity contribution in [3.05, 3.63) is 29.8 Å². The molecule has 5 nitrogen and oxygen atoms in total. The lowest BCUT2D eigenvalue weighted by Crippen LogP contribution is -2.49. The standard InChI is InChI=1S/C12H15FN2O3/c1-12(2,3)9(11(17)18)15-10(16)8-5-4-7(13)6-14-8/h4-6,9H,1-3H3,(H,15,16)(H,17,18)/t9-/m0/s1. The summed E-state index contributed by atoms with van der Waals surface area (Å²) in [5.74, 6) is -2.33. The molecule has 1 heterocycles. The van der Waals surface area contributed by atoms with Crippen LogP contribution in [0.3, 0.4) is 0 Å². The minimum atomic E-state index is -1.13. The van der Waals surface area contributed by atoms with Crippen LogP contribution in [0, 0.1) is 11.2 Å². The number of aliphatic carboxylic acids is 1. The molecule has 6 heteroatoms. The maximum absolute atomic E-state index is 12.6. The highest BCUT2D eigenvalue weighted by atomic mass is 19.1. The van der Waals surface area contributed by atoms with Gasteiger partial charge in [0.2, 0.25) is 0 Å². The van der Waals surface area contributed by atoms with Crippen molar-refractivity contribution in [3.8, 4) is 0 Å². The number of nitrogens with zero attached hydrogens (tertiary/aromatic N) is 1. The lowest BCUT2D eigenvalue weighted by molar-refractivity contribution is -0.142. The largest absolute Gasteiger partial charge is 0.480 e. The molecule has 0 unspecified atom stereocenters. The number of carboxylic acid groups (broad SMARTS) is 1. The highest BCUT2D eigenvalue weighted by Crippen LogP contribution is 2.19. The second-order valence-electron chi connectivity index (χ2n) is 4.97. The summed E-state index contributed by atoms with van der Waals surface area (Å²) in [5, 5.41) is 11.4. The van der Waals surface area contributed by atoms with E-state index in [0.717, 1.165) is 12.3 Å². The summed E-state index contributed by atoms with van der Waals surface area (Å²) in [5.41, 5.74) is -0.659. The van der Waals surface area contributed by atoms with E-state index in [9.17, 15) is 14.0 Å². The van der Waals surface area contributed by atoms with Crippen molar-refractivity contribution in [1.29, 1.82) is 0 Å². The smallest absolute Gasteiger partial charge is 0.326 e. The molecule has 0 radical (unpaired) electrons. The maximum atomic E-state index is 12.6. The van der Waals surface area contributed by atoms with Gasteiger partial charge in [-0.05, 0) is 17.5 Å². The first-order chi connectivity index (χ1) is 8.21. The number of hydrogen-bond acceptors (Lipinski definition) is 3. The molecule has 2 N–H and O–H groups in total. The van der Waals surface area contributed by atoms with Gasteiger partial charge in [-0.25, -0.2) is 14.2 Å². The van der Waals surface area contributed by atoms with E-state index in [4.69, 9.17) is 5.11 Å². The van der Waals surface area contributed by atoms with Crippen LogP contribution in [-0.4, -0.2) is 28.0 Å². The van der Waals surface area contributed by atoms with Gasteiger partial charge < -0.3 is 10.4 Å². The highest BCUT2D eigenvalue weighted by Gasteiger charge is 2.32. The minimum absolute atomic E-state index is 0.0214. The van der Waals surface area contributed by atoms with Gasteiger partial charge in [0.1, 0.15) is 17.6 Å². The van der Waals surface area contributed by atoms with E-state index in [1.807, 2.05) is 0 Å². The Kier molecular flexibility index (Phi) is 4.00. The van der Waals surface area contributed by atoms with E-state index in [2.05, 4.69) is 10.3 Å². The zero-order chi connectivity index (χ0) is 13.9. The third-order valence-corrected chi connectivity index (χ3v) is 2.35. The number of hydrogen-bond donors (Lipinski definition) is 2. The van der Waals surface area contributed by atoms with Gasteiger partial charge in [0.25, 0.3) is 5.91 Å². The van der Waals surface area contributed by atoms with E-state index in [-0.39, 0.29) is 5.69 Å². The van der Waals surface area contributed by atoms with E-state index in [0.29, 0.717) is 0 Å². The SMILES string of the molecule is CC(C)(C)[C@@H](NC(=O)c1ccc(F)cn1)C(=O)O. The molecule has 0 bridgehead atoms. The molecular formula is C12H15FN2O3. The van der Waals surface area contributed by atoms with Crippen molar-refractivity contribution in [3.63, 3.8) is 0 Å². The number of amides is 1. The molecule has 1 atom stereocenters. The predicted molar refractivity (Wildman–Crippen MR) is 62.5 cm³/mol. The van der Waals surface area contributed by atoms with Crippen LogP contribution in [0.2, 0.25) is 0 Å². The van der Waals surface area contributed by atoms with Gasteiger partial charge in [-0.1, -0.05) is 20.8 Å². The molecule has 1 aromatic rings. The third kappa shape index (κ3) is 3.51. The Bertz CT molecular complexity index is 451. The van der Waals surface area contributed by atoms with E-state index in [1.54, 1.807) is 20.8 Å². The lowest BCUT2D eigenvalue weighted by Gasteiger charge is -2.27. The Morgan fingerprint density at radius 2 is 2.00 bits per heavy atom. The fourth-order valence-corrected chi connectivity index (χ4v) is 1.36. The van der Waals surface area contributed by atoms with Gasteiger partial charge in [0, 0.05) is 0 Å². The van der Waals surface area contributed by atoms with E-state index in [1.165, 1.54) is 6.07 Å². The van der Waals surface area contributed by atoms with Crippen molar-refractivity contribution >= 4 is 11.9 Å². The molecule has 98 valence electrons. The molecule has 0 fully saturated rings. The van der Waals surface area contributed by atoms with Crippen LogP contribution in [0.4, 0.5) is 4.39 Å². The molecule has 0 spiro atoms. The Balaban J connectivity index is 2.86. The average molecular weight is 254 g/mol. The van der Waals surface area contributed by atoms with Crippen LogP contribution in [0.25, 0.3) is 0 Å². The molecule has 1 aromatic heterocycles. The Morgan fingerprint density at radius 1 is 1.39 bits per heavy atom. The van der Waals surface area contributed by atoms with Crippen molar-refractivity contribution < 1.29 is 19.1 Å². The Labute approximate surface area is 104 Å². The van der Waals surface area contributed by atoms with E-state index < -0.39 is 29.2 Å². The molecule has 0 aromatic carbocycles. The Hall–Kier alpha value is -1.98. The molecule has 1 amide bonds.